The molecule has 1 aliphatic heterocycles. The van der Waals surface area contributed by atoms with E-state index >= 15 is 0 Å². The van der Waals surface area contributed by atoms with Crippen LogP contribution in [0.5, 0.6) is 5.75 Å². The fourth-order valence-corrected chi connectivity index (χ4v) is 2.90. The molecule has 1 saturated heterocycles. The van der Waals surface area contributed by atoms with Crippen molar-refractivity contribution in [2.24, 2.45) is 5.92 Å². The summed E-state index contributed by atoms with van der Waals surface area (Å²) in [5.74, 6) is 1.57. The highest BCUT2D eigenvalue weighted by Gasteiger charge is 2.35. The highest BCUT2D eigenvalue weighted by molar-refractivity contribution is 5.81. The molecule has 1 amide bonds. The van der Waals surface area contributed by atoms with E-state index in [-0.39, 0.29) is 18.1 Å². The first-order valence-corrected chi connectivity index (χ1v) is 7.21. The van der Waals surface area contributed by atoms with Gasteiger partial charge in [0.25, 0.3) is 0 Å². The fraction of sp³-hybridized carbons (Fsp3) is 0.562. The first kappa shape index (κ1) is 14.9. The zero-order valence-electron chi connectivity index (χ0n) is 12.7. The van der Waals surface area contributed by atoms with E-state index in [0.717, 1.165) is 17.7 Å². The van der Waals surface area contributed by atoms with Crippen molar-refractivity contribution in [3.63, 3.8) is 0 Å². The van der Waals surface area contributed by atoms with Gasteiger partial charge in [0.2, 0.25) is 5.91 Å². The Labute approximate surface area is 121 Å². The predicted octanol–water partition coefficient (Wildman–Crippen LogP) is 2.56. The van der Waals surface area contributed by atoms with E-state index in [2.05, 4.69) is 26.1 Å². The summed E-state index contributed by atoms with van der Waals surface area (Å²) in [5, 5.41) is 3.30. The van der Waals surface area contributed by atoms with E-state index in [1.165, 1.54) is 0 Å². The molecule has 2 unspecified atom stereocenters. The number of hydrogen-bond donors (Lipinski definition) is 1. The summed E-state index contributed by atoms with van der Waals surface area (Å²) in [6.07, 6.45) is 0.958. The van der Waals surface area contributed by atoms with Gasteiger partial charge in [0.05, 0.1) is 13.7 Å². The van der Waals surface area contributed by atoms with Gasteiger partial charge in [0, 0.05) is 6.04 Å². The Hall–Kier alpha value is -1.55. The van der Waals surface area contributed by atoms with Crippen LogP contribution in [-0.4, -0.2) is 30.5 Å². The van der Waals surface area contributed by atoms with Crippen LogP contribution in [0.1, 0.15) is 38.9 Å². The van der Waals surface area contributed by atoms with Crippen molar-refractivity contribution in [3.8, 4) is 5.75 Å². The van der Waals surface area contributed by atoms with Crippen LogP contribution in [0.3, 0.4) is 0 Å². The third-order valence-electron chi connectivity index (χ3n) is 3.71. The Bertz CT molecular complexity index is 473. The SMILES string of the molecule is COc1cccc(C2NCC(=O)N2C(C)CC(C)C)c1. The van der Waals surface area contributed by atoms with Gasteiger partial charge in [-0.2, -0.15) is 0 Å². The van der Waals surface area contributed by atoms with Gasteiger partial charge in [-0.3, -0.25) is 10.1 Å². The lowest BCUT2D eigenvalue weighted by atomic mass is 10.0. The minimum Gasteiger partial charge on any atom is -0.497 e. The van der Waals surface area contributed by atoms with Crippen molar-refractivity contribution in [1.29, 1.82) is 0 Å². The third kappa shape index (κ3) is 3.12. The molecule has 1 heterocycles. The van der Waals surface area contributed by atoms with Gasteiger partial charge in [-0.15, -0.1) is 0 Å². The van der Waals surface area contributed by atoms with Crippen molar-refractivity contribution in [1.82, 2.24) is 10.2 Å². The van der Waals surface area contributed by atoms with Crippen LogP contribution >= 0.6 is 0 Å². The quantitative estimate of drug-likeness (QED) is 0.898. The molecule has 1 aliphatic rings. The highest BCUT2D eigenvalue weighted by atomic mass is 16.5. The number of amides is 1. The van der Waals surface area contributed by atoms with Crippen molar-refractivity contribution in [2.45, 2.75) is 39.4 Å². The molecule has 1 aromatic carbocycles. The number of hydrogen-bond acceptors (Lipinski definition) is 3. The van der Waals surface area contributed by atoms with E-state index < -0.39 is 0 Å². The van der Waals surface area contributed by atoms with Crippen LogP contribution in [0.4, 0.5) is 0 Å². The zero-order valence-corrected chi connectivity index (χ0v) is 12.7. The maximum atomic E-state index is 12.2. The normalized spacial score (nSPS) is 20.6. The predicted molar refractivity (Wildman–Crippen MR) is 79.5 cm³/mol. The molecular weight excluding hydrogens is 252 g/mol. The number of benzene rings is 1. The summed E-state index contributed by atoms with van der Waals surface area (Å²) in [7, 11) is 1.66. The summed E-state index contributed by atoms with van der Waals surface area (Å²) in [6.45, 7) is 6.90. The number of nitrogens with one attached hydrogen (secondary N) is 1. The topological polar surface area (TPSA) is 41.6 Å². The van der Waals surface area contributed by atoms with E-state index in [1.807, 2.05) is 29.2 Å². The first-order chi connectivity index (χ1) is 9.52. The Balaban J connectivity index is 2.22. The maximum absolute atomic E-state index is 12.2. The average Bonchev–Trinajstić information content (AvgIpc) is 2.80. The second kappa shape index (κ2) is 6.27. The molecule has 1 N–H and O–H groups in total. The molecule has 1 fully saturated rings. The molecule has 0 aromatic heterocycles. The summed E-state index contributed by atoms with van der Waals surface area (Å²) in [4.78, 5) is 14.1. The number of rotatable bonds is 5. The van der Waals surface area contributed by atoms with Gasteiger partial charge in [-0.05, 0) is 37.0 Å². The Kier molecular flexibility index (Phi) is 4.65. The lowest BCUT2D eigenvalue weighted by molar-refractivity contribution is -0.130. The molecule has 110 valence electrons. The summed E-state index contributed by atoms with van der Waals surface area (Å²) in [5.41, 5.74) is 1.07. The number of nitrogens with zero attached hydrogens (tertiary/aromatic N) is 1. The molecule has 4 nitrogen and oxygen atoms in total. The van der Waals surface area contributed by atoms with Gasteiger partial charge >= 0.3 is 0 Å². The Morgan fingerprint density at radius 3 is 2.80 bits per heavy atom. The third-order valence-corrected chi connectivity index (χ3v) is 3.71. The molecule has 1 aromatic rings. The highest BCUT2D eigenvalue weighted by Crippen LogP contribution is 2.29. The van der Waals surface area contributed by atoms with Crippen LogP contribution in [-0.2, 0) is 4.79 Å². The van der Waals surface area contributed by atoms with Gasteiger partial charge in [0.15, 0.2) is 0 Å². The van der Waals surface area contributed by atoms with Gasteiger partial charge in [0.1, 0.15) is 11.9 Å². The molecule has 4 heteroatoms. The van der Waals surface area contributed by atoms with Gasteiger partial charge < -0.3 is 9.64 Å². The second-order valence-electron chi connectivity index (χ2n) is 5.84. The van der Waals surface area contributed by atoms with Crippen LogP contribution in [0.15, 0.2) is 24.3 Å². The molecule has 2 rings (SSSR count). The molecule has 2 atom stereocenters. The molecular formula is C16H24N2O2. The Morgan fingerprint density at radius 1 is 1.40 bits per heavy atom. The maximum Gasteiger partial charge on any atom is 0.238 e. The van der Waals surface area contributed by atoms with Crippen molar-refractivity contribution in [3.05, 3.63) is 29.8 Å². The number of carbonyl (C=O) groups is 1. The van der Waals surface area contributed by atoms with E-state index in [1.54, 1.807) is 7.11 Å². The van der Waals surface area contributed by atoms with Crippen LogP contribution in [0.25, 0.3) is 0 Å². The van der Waals surface area contributed by atoms with Gasteiger partial charge in [-0.25, -0.2) is 0 Å². The molecule has 0 bridgehead atoms. The van der Waals surface area contributed by atoms with Crippen LogP contribution in [0, 0.1) is 5.92 Å². The summed E-state index contributed by atoms with van der Waals surface area (Å²) < 4.78 is 5.27. The zero-order chi connectivity index (χ0) is 14.7. The van der Waals surface area contributed by atoms with Crippen molar-refractivity contribution < 1.29 is 9.53 Å². The Morgan fingerprint density at radius 2 is 2.15 bits per heavy atom. The minimum absolute atomic E-state index is 0.0497. The average molecular weight is 276 g/mol. The molecule has 0 saturated carbocycles. The summed E-state index contributed by atoms with van der Waals surface area (Å²) in [6, 6.07) is 8.14. The van der Waals surface area contributed by atoms with Gasteiger partial charge in [-0.1, -0.05) is 26.0 Å². The van der Waals surface area contributed by atoms with Crippen LogP contribution in [0.2, 0.25) is 0 Å². The smallest absolute Gasteiger partial charge is 0.238 e. The molecule has 0 radical (unpaired) electrons. The molecule has 0 aliphatic carbocycles. The van der Waals surface area contributed by atoms with Crippen molar-refractivity contribution >= 4 is 5.91 Å². The lowest BCUT2D eigenvalue weighted by Gasteiger charge is -2.31. The first-order valence-electron chi connectivity index (χ1n) is 7.21. The van der Waals surface area contributed by atoms with Crippen LogP contribution < -0.4 is 10.1 Å². The monoisotopic (exact) mass is 276 g/mol. The second-order valence-corrected chi connectivity index (χ2v) is 5.84. The molecule has 20 heavy (non-hydrogen) atoms. The lowest BCUT2D eigenvalue weighted by Crippen LogP contribution is -2.38. The number of methoxy groups -OCH3 is 1. The van der Waals surface area contributed by atoms with E-state index in [4.69, 9.17) is 4.74 Å². The van der Waals surface area contributed by atoms with E-state index in [9.17, 15) is 4.79 Å². The molecule has 0 spiro atoms. The summed E-state index contributed by atoms with van der Waals surface area (Å²) >= 11 is 0. The fourth-order valence-electron chi connectivity index (χ4n) is 2.90. The van der Waals surface area contributed by atoms with E-state index in [0.29, 0.717) is 12.5 Å². The standard InChI is InChI=1S/C16H24N2O2/c1-11(2)8-12(3)18-15(19)10-17-16(18)13-6-5-7-14(9-13)20-4/h5-7,9,11-12,16-17H,8,10H2,1-4H3. The largest absolute Gasteiger partial charge is 0.497 e. The minimum atomic E-state index is -0.0497. The number of ether oxygens (including phenoxy) is 1. The number of carbonyl (C=O) groups excluding carboxylic acids is 1. The van der Waals surface area contributed by atoms with Crippen molar-refractivity contribution in [2.75, 3.05) is 13.7 Å².